The Kier molecular flexibility index (Phi) is 9.06. The molecule has 4 aromatic rings. The third kappa shape index (κ3) is 6.69. The van der Waals surface area contributed by atoms with Gasteiger partial charge in [0.1, 0.15) is 23.6 Å². The van der Waals surface area contributed by atoms with Crippen molar-refractivity contribution in [1.29, 1.82) is 0 Å². The monoisotopic (exact) mass is 622 g/mol. The second kappa shape index (κ2) is 13.1. The number of furan rings is 1. The van der Waals surface area contributed by atoms with E-state index in [-0.39, 0.29) is 22.1 Å². The van der Waals surface area contributed by atoms with Crippen LogP contribution in [-0.4, -0.2) is 89.0 Å². The smallest absolute Gasteiger partial charge is 0.305 e. The quantitative estimate of drug-likeness (QED) is 0.210. The molecule has 44 heavy (non-hydrogen) atoms. The average Bonchev–Trinajstić information content (AvgIpc) is 3.64. The maximum Gasteiger partial charge on any atom is 0.305 e. The molecule has 4 N–H and O–H groups in total. The predicted molar refractivity (Wildman–Crippen MR) is 166 cm³/mol. The number of piperidine rings is 1. The summed E-state index contributed by atoms with van der Waals surface area (Å²) in [5.74, 6) is 1.16. The number of phenolic OH excluding ortho intramolecular Hbond substituents is 1. The first-order valence-electron chi connectivity index (χ1n) is 15.0. The van der Waals surface area contributed by atoms with Crippen molar-refractivity contribution in [1.82, 2.24) is 20.1 Å². The Hall–Kier alpha value is -3.68. The number of fused-ring (bicyclic) bond motifs is 1. The number of amides is 1. The fraction of sp³-hybridized carbons (Fsp3) is 0.438. The Bertz CT molecular complexity index is 1640. The molecule has 234 valence electrons. The molecule has 1 atom stereocenters. The van der Waals surface area contributed by atoms with E-state index >= 15 is 0 Å². The van der Waals surface area contributed by atoms with Crippen LogP contribution in [0.2, 0.25) is 0 Å². The lowest BCUT2D eigenvalue weighted by atomic mass is 9.89. The fourth-order valence-corrected chi connectivity index (χ4v) is 6.92. The summed E-state index contributed by atoms with van der Waals surface area (Å²) in [4.78, 5) is 31.3. The van der Waals surface area contributed by atoms with E-state index < -0.39 is 6.10 Å². The molecule has 2 saturated heterocycles. The van der Waals surface area contributed by atoms with Crippen LogP contribution < -0.4 is 14.9 Å². The van der Waals surface area contributed by atoms with Crippen LogP contribution in [-0.2, 0) is 11.3 Å². The molecule has 0 unspecified atom stereocenters. The maximum atomic E-state index is 13.0. The summed E-state index contributed by atoms with van der Waals surface area (Å²) in [5.41, 5.74) is 2.57. The van der Waals surface area contributed by atoms with Crippen LogP contribution in [0.4, 0.5) is 0 Å². The Balaban J connectivity index is 0.912. The zero-order valence-corrected chi connectivity index (χ0v) is 25.5. The van der Waals surface area contributed by atoms with Crippen molar-refractivity contribution in [2.24, 2.45) is 0 Å². The number of aliphatic hydroxyl groups is 1. The topological polar surface area (TPSA) is 140 Å². The Morgan fingerprint density at radius 3 is 2.70 bits per heavy atom. The Morgan fingerprint density at radius 2 is 1.95 bits per heavy atom. The van der Waals surface area contributed by atoms with Gasteiger partial charge in [0.05, 0.1) is 35.8 Å². The fourth-order valence-electron chi connectivity index (χ4n) is 6.00. The summed E-state index contributed by atoms with van der Waals surface area (Å²) in [6, 6.07) is 12.8. The number of rotatable bonds is 10. The lowest BCUT2D eigenvalue weighted by molar-refractivity contribution is -0.127. The van der Waals surface area contributed by atoms with Gasteiger partial charge < -0.3 is 39.3 Å². The number of hydrogen-bond donors (Lipinski definition) is 4. The second-order valence-corrected chi connectivity index (χ2v) is 12.5. The van der Waals surface area contributed by atoms with E-state index in [9.17, 15) is 19.8 Å². The van der Waals surface area contributed by atoms with Gasteiger partial charge >= 0.3 is 4.87 Å². The van der Waals surface area contributed by atoms with Gasteiger partial charge in [0.15, 0.2) is 5.76 Å². The number of aliphatic hydroxyl groups excluding tert-OH is 1. The van der Waals surface area contributed by atoms with Gasteiger partial charge in [-0.25, -0.2) is 0 Å². The minimum Gasteiger partial charge on any atom is -0.506 e. The summed E-state index contributed by atoms with van der Waals surface area (Å²) in [6.45, 7) is 7.62. The van der Waals surface area contributed by atoms with Gasteiger partial charge in [0.2, 0.25) is 0 Å². The summed E-state index contributed by atoms with van der Waals surface area (Å²) >= 11 is 0.977. The molecule has 0 bridgehead atoms. The lowest BCUT2D eigenvalue weighted by Crippen LogP contribution is -2.58. The molecule has 1 amide bonds. The highest BCUT2D eigenvalue weighted by molar-refractivity contribution is 7.16. The van der Waals surface area contributed by atoms with Gasteiger partial charge in [-0.15, -0.1) is 0 Å². The van der Waals surface area contributed by atoms with Crippen LogP contribution in [0.5, 0.6) is 11.5 Å². The van der Waals surface area contributed by atoms with Crippen LogP contribution in [0, 0.1) is 6.92 Å². The van der Waals surface area contributed by atoms with E-state index in [1.54, 1.807) is 12.3 Å². The summed E-state index contributed by atoms with van der Waals surface area (Å²) < 4.78 is 18.2. The summed E-state index contributed by atoms with van der Waals surface area (Å²) in [6.07, 6.45) is 2.47. The van der Waals surface area contributed by atoms with Gasteiger partial charge in [0.25, 0.3) is 5.91 Å². The van der Waals surface area contributed by atoms with Crippen molar-refractivity contribution in [2.45, 2.75) is 38.0 Å². The molecule has 0 saturated carbocycles. The number of likely N-dealkylation sites (tertiary alicyclic amines) is 1. The number of ether oxygens (including phenoxy) is 2. The molecule has 11 nitrogen and oxygen atoms in total. The van der Waals surface area contributed by atoms with E-state index in [0.717, 1.165) is 60.7 Å². The number of morpholine rings is 1. The van der Waals surface area contributed by atoms with Gasteiger partial charge in [-0.2, -0.15) is 0 Å². The minimum atomic E-state index is -0.825. The summed E-state index contributed by atoms with van der Waals surface area (Å²) in [7, 11) is 0. The highest BCUT2D eigenvalue weighted by atomic mass is 32.1. The molecule has 2 aromatic heterocycles. The molecular formula is C32H38N4O7S. The molecule has 0 aliphatic carbocycles. The number of nitrogens with zero attached hydrogens (tertiary/aromatic N) is 2. The van der Waals surface area contributed by atoms with Crippen LogP contribution in [0.1, 0.15) is 46.2 Å². The molecule has 0 radical (unpaired) electrons. The zero-order chi connectivity index (χ0) is 30.7. The third-order valence-electron chi connectivity index (χ3n) is 8.57. The number of benzene rings is 2. The number of hydrogen-bond acceptors (Lipinski definition) is 10. The molecule has 6 rings (SSSR count). The number of thiazole rings is 1. The first-order chi connectivity index (χ1) is 21.3. The number of aromatic hydroxyl groups is 1. The largest absolute Gasteiger partial charge is 0.506 e. The van der Waals surface area contributed by atoms with Crippen molar-refractivity contribution in [3.63, 3.8) is 0 Å². The van der Waals surface area contributed by atoms with Gasteiger partial charge in [-0.3, -0.25) is 14.5 Å². The van der Waals surface area contributed by atoms with E-state index in [2.05, 4.69) is 15.2 Å². The molecule has 2 fully saturated rings. The minimum absolute atomic E-state index is 0.00865. The van der Waals surface area contributed by atoms with E-state index in [0.29, 0.717) is 60.9 Å². The first-order valence-corrected chi connectivity index (χ1v) is 15.8. The molecule has 12 heteroatoms. The number of H-pyrrole nitrogens is 1. The van der Waals surface area contributed by atoms with E-state index in [1.165, 1.54) is 6.07 Å². The number of aryl methyl sites for hydroxylation is 1. The summed E-state index contributed by atoms with van der Waals surface area (Å²) in [5, 5.41) is 23.9. The third-order valence-corrected chi connectivity index (χ3v) is 9.50. The number of aromatic nitrogens is 1. The number of carbonyl (C=O) groups is 1. The van der Waals surface area contributed by atoms with Gasteiger partial charge in [0, 0.05) is 50.4 Å². The Labute approximate surface area is 259 Å². The van der Waals surface area contributed by atoms with Crippen molar-refractivity contribution in [3.05, 3.63) is 80.8 Å². The molecule has 1 spiro atoms. The molecule has 2 aromatic carbocycles. The van der Waals surface area contributed by atoms with E-state index in [1.807, 2.05) is 42.2 Å². The second-order valence-electron chi connectivity index (χ2n) is 11.6. The van der Waals surface area contributed by atoms with Crippen molar-refractivity contribution in [2.75, 3.05) is 52.5 Å². The number of phenols is 1. The van der Waals surface area contributed by atoms with Crippen molar-refractivity contribution >= 4 is 27.5 Å². The molecule has 2 aliphatic rings. The number of carbonyl (C=O) groups excluding carboxylic acids is 1. The predicted octanol–water partition coefficient (Wildman–Crippen LogP) is 3.41. The maximum absolute atomic E-state index is 13.0. The van der Waals surface area contributed by atoms with Crippen molar-refractivity contribution < 1.29 is 28.9 Å². The average molecular weight is 623 g/mol. The zero-order valence-electron chi connectivity index (χ0n) is 24.7. The standard InChI is InChI=1S/C32H38N4O7S/c1-21-8-15-42-28(21)30(39)36-14-17-43-32(20-36)9-11-35(12-10-32)13-16-41-23-4-2-22(3-5-23)18-33-19-26(38)24-6-7-25(37)27-29(24)44-31(40)34-27/h2-8,15,26,33,37-38H,9-14,16-20H2,1H3,(H,34,40)/t26-/m0/s1. The van der Waals surface area contributed by atoms with Crippen LogP contribution in [0.15, 0.2) is 57.9 Å². The van der Waals surface area contributed by atoms with Crippen LogP contribution in [0.25, 0.3) is 10.2 Å². The first kappa shape index (κ1) is 30.4. The number of nitrogens with one attached hydrogen (secondary N) is 2. The van der Waals surface area contributed by atoms with Crippen LogP contribution in [0.3, 0.4) is 0 Å². The van der Waals surface area contributed by atoms with Gasteiger partial charge in [-0.1, -0.05) is 29.5 Å². The normalized spacial score (nSPS) is 17.7. The highest BCUT2D eigenvalue weighted by Gasteiger charge is 2.41. The number of aromatic amines is 1. The highest BCUT2D eigenvalue weighted by Crippen LogP contribution is 2.32. The SMILES string of the molecule is Cc1ccoc1C(=O)N1CCOC2(CCN(CCOc3ccc(CNC[C@H](O)c4ccc(O)c5[nH]c(=O)sc45)cc3)CC2)C1. The molecule has 4 heterocycles. The lowest BCUT2D eigenvalue weighted by Gasteiger charge is -2.47. The van der Waals surface area contributed by atoms with Crippen LogP contribution >= 0.6 is 11.3 Å². The van der Waals surface area contributed by atoms with Gasteiger partial charge in [-0.05, 0) is 49.6 Å². The Morgan fingerprint density at radius 1 is 1.16 bits per heavy atom. The molecular weight excluding hydrogens is 584 g/mol. The molecule has 2 aliphatic heterocycles. The van der Waals surface area contributed by atoms with Crippen molar-refractivity contribution in [3.8, 4) is 11.5 Å². The van der Waals surface area contributed by atoms with E-state index in [4.69, 9.17) is 13.9 Å².